The van der Waals surface area contributed by atoms with Crippen molar-refractivity contribution in [3.8, 4) is 22.5 Å². The number of urea groups is 1. The topological polar surface area (TPSA) is 95.2 Å². The van der Waals surface area contributed by atoms with Gasteiger partial charge in [-0.05, 0) is 28.8 Å². The van der Waals surface area contributed by atoms with Crippen molar-refractivity contribution in [1.29, 1.82) is 0 Å². The van der Waals surface area contributed by atoms with Crippen LogP contribution in [0, 0.1) is 0 Å². The summed E-state index contributed by atoms with van der Waals surface area (Å²) in [4.78, 5) is 44.8. The molecule has 0 saturated carbocycles. The van der Waals surface area contributed by atoms with E-state index in [4.69, 9.17) is 0 Å². The zero-order valence-corrected chi connectivity index (χ0v) is 16.5. The molecule has 0 bridgehead atoms. The van der Waals surface area contributed by atoms with E-state index in [0.29, 0.717) is 16.7 Å². The molecule has 1 aromatic heterocycles. The van der Waals surface area contributed by atoms with E-state index < -0.39 is 0 Å². The van der Waals surface area contributed by atoms with Gasteiger partial charge in [0.25, 0.3) is 5.56 Å². The summed E-state index contributed by atoms with van der Waals surface area (Å²) in [5.74, 6) is 0.218. The van der Waals surface area contributed by atoms with Gasteiger partial charge < -0.3 is 10.3 Å². The Morgan fingerprint density at radius 1 is 0.839 bits per heavy atom. The van der Waals surface area contributed by atoms with Crippen LogP contribution in [0.3, 0.4) is 0 Å². The van der Waals surface area contributed by atoms with Gasteiger partial charge in [0.15, 0.2) is 0 Å². The van der Waals surface area contributed by atoms with Crippen LogP contribution in [0.5, 0.6) is 0 Å². The molecule has 1 aliphatic heterocycles. The Morgan fingerprint density at radius 2 is 1.58 bits per heavy atom. The Balaban J connectivity index is 1.44. The quantitative estimate of drug-likeness (QED) is 0.505. The number of hydrogen-bond acceptors (Lipinski definition) is 4. The van der Waals surface area contributed by atoms with Gasteiger partial charge in [-0.3, -0.25) is 14.5 Å². The number of imide groups is 1. The Hall–Kier alpha value is -4.26. The number of amides is 3. The Morgan fingerprint density at radius 3 is 2.29 bits per heavy atom. The number of benzene rings is 3. The summed E-state index contributed by atoms with van der Waals surface area (Å²) in [5.41, 5.74) is 3.95. The predicted molar refractivity (Wildman–Crippen MR) is 117 cm³/mol. The molecule has 0 spiro atoms. The summed E-state index contributed by atoms with van der Waals surface area (Å²) >= 11 is 0. The number of nitrogens with one attached hydrogen (secondary N) is 2. The zero-order chi connectivity index (χ0) is 21.4. The van der Waals surface area contributed by atoms with Gasteiger partial charge in [0.05, 0.1) is 24.0 Å². The first kappa shape index (κ1) is 18.7. The van der Waals surface area contributed by atoms with Gasteiger partial charge in [-0.1, -0.05) is 60.7 Å². The summed E-state index contributed by atoms with van der Waals surface area (Å²) in [6.45, 7) is 0.236. The lowest BCUT2D eigenvalue weighted by atomic mass is 10.0. The van der Waals surface area contributed by atoms with Crippen molar-refractivity contribution in [3.05, 3.63) is 88.7 Å². The third kappa shape index (κ3) is 3.57. The number of fused-ring (bicyclic) bond motifs is 1. The van der Waals surface area contributed by atoms with Crippen LogP contribution in [0.4, 0.5) is 4.79 Å². The fourth-order valence-corrected chi connectivity index (χ4v) is 3.65. The minimum Gasteiger partial charge on any atom is -0.329 e. The fourth-order valence-electron chi connectivity index (χ4n) is 3.65. The van der Waals surface area contributed by atoms with Crippen molar-refractivity contribution < 1.29 is 9.59 Å². The van der Waals surface area contributed by atoms with E-state index >= 15 is 0 Å². The maximum absolute atomic E-state index is 12.7. The summed E-state index contributed by atoms with van der Waals surface area (Å²) in [7, 11) is 0. The van der Waals surface area contributed by atoms with Gasteiger partial charge in [-0.15, -0.1) is 0 Å². The highest BCUT2D eigenvalue weighted by molar-refractivity contribution is 6.01. The number of carbonyl (C=O) groups excluding carboxylic acids is 2. The Bertz CT molecular complexity index is 1350. The van der Waals surface area contributed by atoms with Crippen molar-refractivity contribution in [2.75, 3.05) is 6.54 Å². The number of hydrogen-bond donors (Lipinski definition) is 2. The second-order valence-electron chi connectivity index (χ2n) is 7.35. The smallest absolute Gasteiger partial charge is 0.324 e. The maximum atomic E-state index is 12.7. The number of H-pyrrole nitrogens is 1. The molecule has 4 aromatic rings. The first-order valence-electron chi connectivity index (χ1n) is 9.85. The Kier molecular flexibility index (Phi) is 4.55. The fraction of sp³-hybridized carbons (Fsp3) is 0.0833. The molecule has 152 valence electrons. The highest BCUT2D eigenvalue weighted by atomic mass is 16.2. The molecule has 0 atom stereocenters. The number of nitrogens with zero attached hydrogens (tertiary/aromatic N) is 2. The van der Waals surface area contributed by atoms with E-state index in [1.165, 1.54) is 4.90 Å². The summed E-state index contributed by atoms with van der Waals surface area (Å²) in [6, 6.07) is 22.4. The molecular weight excluding hydrogens is 392 g/mol. The van der Waals surface area contributed by atoms with Gasteiger partial charge in [0, 0.05) is 5.56 Å². The molecule has 0 radical (unpaired) electrons. The van der Waals surface area contributed by atoms with Crippen LogP contribution in [-0.2, 0) is 11.3 Å². The minimum atomic E-state index is -0.385. The van der Waals surface area contributed by atoms with Crippen LogP contribution in [0.25, 0.3) is 33.4 Å². The van der Waals surface area contributed by atoms with Crippen LogP contribution in [0.1, 0.15) is 5.56 Å². The highest BCUT2D eigenvalue weighted by Crippen LogP contribution is 2.23. The predicted octanol–water partition coefficient (Wildman–Crippen LogP) is 3.31. The minimum absolute atomic E-state index is 0.0329. The van der Waals surface area contributed by atoms with Crippen molar-refractivity contribution in [2.45, 2.75) is 6.54 Å². The van der Waals surface area contributed by atoms with E-state index in [0.717, 1.165) is 22.3 Å². The molecule has 3 amide bonds. The van der Waals surface area contributed by atoms with Crippen LogP contribution < -0.4 is 10.9 Å². The molecule has 2 heterocycles. The first-order valence-corrected chi connectivity index (χ1v) is 9.85. The lowest BCUT2D eigenvalue weighted by molar-refractivity contribution is -0.125. The second-order valence-corrected chi connectivity index (χ2v) is 7.35. The van der Waals surface area contributed by atoms with Crippen LogP contribution in [0.15, 0.2) is 77.6 Å². The van der Waals surface area contributed by atoms with Gasteiger partial charge in [-0.2, -0.15) is 0 Å². The molecule has 1 fully saturated rings. The third-order valence-corrected chi connectivity index (χ3v) is 5.32. The van der Waals surface area contributed by atoms with Crippen molar-refractivity contribution in [3.63, 3.8) is 0 Å². The molecule has 31 heavy (non-hydrogen) atoms. The zero-order valence-electron chi connectivity index (χ0n) is 16.5. The largest absolute Gasteiger partial charge is 0.329 e. The molecule has 3 aromatic carbocycles. The summed E-state index contributed by atoms with van der Waals surface area (Å²) in [6.07, 6.45) is 0. The summed E-state index contributed by atoms with van der Waals surface area (Å²) in [5, 5.41) is 3.03. The van der Waals surface area contributed by atoms with E-state index in [2.05, 4.69) is 15.3 Å². The average molecular weight is 410 g/mol. The molecule has 2 N–H and O–H groups in total. The normalized spacial score (nSPS) is 13.6. The molecule has 0 aliphatic carbocycles. The molecular formula is C24H18N4O3. The van der Waals surface area contributed by atoms with Crippen LogP contribution in [-0.4, -0.2) is 33.4 Å². The van der Waals surface area contributed by atoms with Crippen molar-refractivity contribution in [2.24, 2.45) is 0 Å². The molecule has 0 unspecified atom stereocenters. The van der Waals surface area contributed by atoms with E-state index in [9.17, 15) is 14.4 Å². The SMILES string of the molecule is O=C1CNC(=O)N1Cc1ccc(-c2nc3ccc(-c4ccccc4)cc3c(=O)[nH]2)cc1. The molecule has 7 heteroatoms. The lowest BCUT2D eigenvalue weighted by Gasteiger charge is -2.12. The van der Waals surface area contributed by atoms with Gasteiger partial charge >= 0.3 is 6.03 Å². The molecule has 5 rings (SSSR count). The maximum Gasteiger partial charge on any atom is 0.324 e. The number of rotatable bonds is 4. The van der Waals surface area contributed by atoms with Crippen molar-refractivity contribution >= 4 is 22.8 Å². The standard InChI is InChI=1S/C24H18N4O3/c29-21-13-25-24(31)28(21)14-15-6-8-17(9-7-15)22-26-20-11-10-18(12-19(20)23(30)27-22)16-4-2-1-3-5-16/h1-12H,13-14H2,(H,25,31)(H,26,27,30). The van der Waals surface area contributed by atoms with Gasteiger partial charge in [0.2, 0.25) is 5.91 Å². The lowest BCUT2D eigenvalue weighted by Crippen LogP contribution is -2.30. The number of carbonyl (C=O) groups is 2. The van der Waals surface area contributed by atoms with Gasteiger partial charge in [0.1, 0.15) is 5.82 Å². The summed E-state index contributed by atoms with van der Waals surface area (Å²) < 4.78 is 0. The average Bonchev–Trinajstić information content (AvgIpc) is 3.12. The van der Waals surface area contributed by atoms with E-state index in [-0.39, 0.29) is 30.6 Å². The van der Waals surface area contributed by atoms with Crippen molar-refractivity contribution in [1.82, 2.24) is 20.2 Å². The third-order valence-electron chi connectivity index (χ3n) is 5.32. The first-order chi connectivity index (χ1) is 15.1. The number of aromatic nitrogens is 2. The Labute approximate surface area is 177 Å². The monoisotopic (exact) mass is 410 g/mol. The molecule has 1 saturated heterocycles. The van der Waals surface area contributed by atoms with Crippen LogP contribution in [0.2, 0.25) is 0 Å². The van der Waals surface area contributed by atoms with E-state index in [1.54, 1.807) is 0 Å². The highest BCUT2D eigenvalue weighted by Gasteiger charge is 2.28. The molecule has 1 aliphatic rings. The molecule has 7 nitrogen and oxygen atoms in total. The van der Waals surface area contributed by atoms with E-state index in [1.807, 2.05) is 72.8 Å². The van der Waals surface area contributed by atoms with Crippen LogP contribution >= 0.6 is 0 Å². The van der Waals surface area contributed by atoms with Gasteiger partial charge in [-0.25, -0.2) is 9.78 Å². The second kappa shape index (κ2) is 7.53. The number of aromatic amines is 1.